The van der Waals surface area contributed by atoms with Crippen molar-refractivity contribution in [3.05, 3.63) is 12.2 Å². The molecular weight excluding hydrogens is 238 g/mol. The third kappa shape index (κ3) is 4.28. The van der Waals surface area contributed by atoms with Gasteiger partial charge in [0.1, 0.15) is 12.2 Å². The van der Waals surface area contributed by atoms with E-state index in [1.807, 2.05) is 4.68 Å². The first-order valence-corrected chi connectivity index (χ1v) is 7.51. The highest BCUT2D eigenvalue weighted by molar-refractivity contribution is 4.88. The number of aromatic nitrogens is 3. The molecule has 1 atom stereocenters. The van der Waals surface area contributed by atoms with Gasteiger partial charge in [-0.05, 0) is 18.8 Å². The fraction of sp³-hybridized carbons (Fsp3) is 0.857. The van der Waals surface area contributed by atoms with Gasteiger partial charge in [0.15, 0.2) is 0 Å². The van der Waals surface area contributed by atoms with Gasteiger partial charge in [0.25, 0.3) is 0 Å². The normalized spacial score (nSPS) is 21.2. The van der Waals surface area contributed by atoms with Crippen LogP contribution in [0.2, 0.25) is 0 Å². The zero-order valence-corrected chi connectivity index (χ0v) is 12.5. The van der Waals surface area contributed by atoms with Crippen molar-refractivity contribution in [3.8, 4) is 0 Å². The van der Waals surface area contributed by atoms with E-state index in [9.17, 15) is 0 Å². The summed E-state index contributed by atoms with van der Waals surface area (Å²) in [4.78, 5) is 6.90. The van der Waals surface area contributed by atoms with Crippen molar-refractivity contribution in [1.82, 2.24) is 25.0 Å². The molecule has 1 N–H and O–H groups in total. The van der Waals surface area contributed by atoms with E-state index < -0.39 is 0 Å². The molecule has 1 aliphatic heterocycles. The molecule has 19 heavy (non-hydrogen) atoms. The number of rotatable bonds is 6. The summed E-state index contributed by atoms with van der Waals surface area (Å²) in [6.07, 6.45) is 4.03. The van der Waals surface area contributed by atoms with Crippen LogP contribution in [-0.2, 0) is 13.1 Å². The fourth-order valence-corrected chi connectivity index (χ4v) is 2.77. The van der Waals surface area contributed by atoms with Gasteiger partial charge in [-0.2, -0.15) is 5.10 Å². The summed E-state index contributed by atoms with van der Waals surface area (Å²) in [5.41, 5.74) is 0. The van der Waals surface area contributed by atoms with Crippen LogP contribution in [0.5, 0.6) is 0 Å². The Balaban J connectivity index is 1.89. The van der Waals surface area contributed by atoms with Crippen molar-refractivity contribution < 1.29 is 0 Å². The first-order chi connectivity index (χ1) is 9.19. The molecule has 0 saturated carbocycles. The van der Waals surface area contributed by atoms with E-state index in [1.165, 1.54) is 6.42 Å². The van der Waals surface area contributed by atoms with Gasteiger partial charge in [-0.15, -0.1) is 0 Å². The number of hydrogen-bond acceptors (Lipinski definition) is 4. The molecular formula is C14H27N5. The second kappa shape index (κ2) is 7.01. The summed E-state index contributed by atoms with van der Waals surface area (Å²) in [6.45, 7) is 12.0. The van der Waals surface area contributed by atoms with Crippen LogP contribution in [0.1, 0.15) is 39.4 Å². The number of hydrogen-bond donors (Lipinski definition) is 1. The number of nitrogens with zero attached hydrogens (tertiary/aromatic N) is 4. The Morgan fingerprint density at radius 1 is 1.47 bits per heavy atom. The minimum atomic E-state index is 0.622. The quantitative estimate of drug-likeness (QED) is 0.847. The molecule has 0 radical (unpaired) electrons. The SMILES string of the molecule is CCCn1ncnc1CN1CCNC(CC(C)C)C1. The molecule has 0 bridgehead atoms. The lowest BCUT2D eigenvalue weighted by atomic mass is 10.0. The lowest BCUT2D eigenvalue weighted by Crippen LogP contribution is -2.50. The third-order valence-electron chi connectivity index (χ3n) is 3.59. The van der Waals surface area contributed by atoms with Gasteiger partial charge < -0.3 is 5.32 Å². The van der Waals surface area contributed by atoms with Gasteiger partial charge in [-0.1, -0.05) is 20.8 Å². The van der Waals surface area contributed by atoms with Gasteiger partial charge in [-0.25, -0.2) is 9.67 Å². The van der Waals surface area contributed by atoms with Crippen LogP contribution in [0.15, 0.2) is 6.33 Å². The first-order valence-electron chi connectivity index (χ1n) is 7.51. The van der Waals surface area contributed by atoms with E-state index in [2.05, 4.69) is 41.1 Å². The Labute approximate surface area is 116 Å². The molecule has 1 unspecified atom stereocenters. The van der Waals surface area contributed by atoms with Gasteiger partial charge in [0, 0.05) is 32.2 Å². The molecule has 2 rings (SSSR count). The van der Waals surface area contributed by atoms with Crippen LogP contribution in [0.25, 0.3) is 0 Å². The largest absolute Gasteiger partial charge is 0.311 e. The maximum absolute atomic E-state index is 4.40. The Morgan fingerprint density at radius 3 is 3.05 bits per heavy atom. The average molecular weight is 265 g/mol. The van der Waals surface area contributed by atoms with Gasteiger partial charge in [-0.3, -0.25) is 4.90 Å². The molecule has 0 amide bonds. The molecule has 1 aromatic rings. The highest BCUT2D eigenvalue weighted by atomic mass is 15.4. The van der Waals surface area contributed by atoms with E-state index in [1.54, 1.807) is 6.33 Å². The number of piperazine rings is 1. The summed E-state index contributed by atoms with van der Waals surface area (Å²) < 4.78 is 2.04. The summed E-state index contributed by atoms with van der Waals surface area (Å²) in [6, 6.07) is 0.622. The number of aryl methyl sites for hydroxylation is 1. The molecule has 5 heteroatoms. The van der Waals surface area contributed by atoms with Crippen molar-refractivity contribution >= 4 is 0 Å². The van der Waals surface area contributed by atoms with Crippen LogP contribution in [0.3, 0.4) is 0 Å². The topological polar surface area (TPSA) is 46.0 Å². The third-order valence-corrected chi connectivity index (χ3v) is 3.59. The monoisotopic (exact) mass is 265 g/mol. The van der Waals surface area contributed by atoms with Crippen LogP contribution in [0.4, 0.5) is 0 Å². The summed E-state index contributed by atoms with van der Waals surface area (Å²) in [5, 5.41) is 7.92. The van der Waals surface area contributed by atoms with Crippen LogP contribution in [-0.4, -0.2) is 45.3 Å². The second-order valence-electron chi connectivity index (χ2n) is 5.92. The zero-order chi connectivity index (χ0) is 13.7. The van der Waals surface area contributed by atoms with E-state index in [4.69, 9.17) is 0 Å². The molecule has 1 aromatic heterocycles. The van der Waals surface area contributed by atoms with E-state index in [0.717, 1.165) is 50.9 Å². The van der Waals surface area contributed by atoms with Crippen molar-refractivity contribution in [2.75, 3.05) is 19.6 Å². The highest BCUT2D eigenvalue weighted by Gasteiger charge is 2.21. The minimum absolute atomic E-state index is 0.622. The lowest BCUT2D eigenvalue weighted by molar-refractivity contribution is 0.173. The lowest BCUT2D eigenvalue weighted by Gasteiger charge is -2.34. The van der Waals surface area contributed by atoms with E-state index in [0.29, 0.717) is 6.04 Å². The molecule has 1 fully saturated rings. The molecule has 0 aliphatic carbocycles. The Morgan fingerprint density at radius 2 is 2.32 bits per heavy atom. The smallest absolute Gasteiger partial charge is 0.141 e. The highest BCUT2D eigenvalue weighted by Crippen LogP contribution is 2.11. The molecule has 0 spiro atoms. The molecule has 2 heterocycles. The van der Waals surface area contributed by atoms with Gasteiger partial charge >= 0.3 is 0 Å². The Kier molecular flexibility index (Phi) is 5.34. The van der Waals surface area contributed by atoms with Crippen molar-refractivity contribution in [2.45, 2.75) is 52.7 Å². The zero-order valence-electron chi connectivity index (χ0n) is 12.5. The van der Waals surface area contributed by atoms with E-state index >= 15 is 0 Å². The average Bonchev–Trinajstić information content (AvgIpc) is 2.77. The molecule has 108 valence electrons. The van der Waals surface area contributed by atoms with Crippen LogP contribution in [0, 0.1) is 5.92 Å². The maximum Gasteiger partial charge on any atom is 0.141 e. The van der Waals surface area contributed by atoms with Crippen molar-refractivity contribution in [3.63, 3.8) is 0 Å². The predicted octanol–water partition coefficient (Wildman–Crippen LogP) is 1.51. The minimum Gasteiger partial charge on any atom is -0.311 e. The van der Waals surface area contributed by atoms with Crippen LogP contribution < -0.4 is 5.32 Å². The van der Waals surface area contributed by atoms with Crippen molar-refractivity contribution in [1.29, 1.82) is 0 Å². The van der Waals surface area contributed by atoms with E-state index in [-0.39, 0.29) is 0 Å². The molecule has 5 nitrogen and oxygen atoms in total. The first kappa shape index (κ1) is 14.5. The second-order valence-corrected chi connectivity index (χ2v) is 5.92. The standard InChI is InChI=1S/C14H27N5/c1-4-6-19-14(16-11-17-19)10-18-7-5-15-13(9-18)8-12(2)3/h11-13,15H,4-10H2,1-3H3. The Bertz CT molecular complexity index is 374. The van der Waals surface area contributed by atoms with Crippen molar-refractivity contribution in [2.24, 2.45) is 5.92 Å². The molecule has 1 saturated heterocycles. The molecule has 1 aliphatic rings. The summed E-state index contributed by atoms with van der Waals surface area (Å²) in [5.74, 6) is 1.85. The fourth-order valence-electron chi connectivity index (χ4n) is 2.77. The van der Waals surface area contributed by atoms with Crippen LogP contribution >= 0.6 is 0 Å². The number of nitrogens with one attached hydrogen (secondary N) is 1. The van der Waals surface area contributed by atoms with Gasteiger partial charge in [0.05, 0.1) is 6.54 Å². The Hall–Kier alpha value is -0.940. The summed E-state index contributed by atoms with van der Waals surface area (Å²) in [7, 11) is 0. The summed E-state index contributed by atoms with van der Waals surface area (Å²) >= 11 is 0. The van der Waals surface area contributed by atoms with Gasteiger partial charge in [0.2, 0.25) is 0 Å². The predicted molar refractivity (Wildman–Crippen MR) is 76.8 cm³/mol. The maximum atomic E-state index is 4.40. The molecule has 0 aromatic carbocycles.